The smallest absolute Gasteiger partial charge is 0.123 e. The third-order valence-corrected chi connectivity index (χ3v) is 5.44. The Morgan fingerprint density at radius 2 is 1.86 bits per heavy atom. The van der Waals surface area contributed by atoms with E-state index in [2.05, 4.69) is 17.1 Å². The molecule has 0 unspecified atom stereocenters. The van der Waals surface area contributed by atoms with E-state index in [-0.39, 0.29) is 5.82 Å². The SMILES string of the molecule is CCNCc1cc(F)ccc1N1CCC2(CCCC2)CC1. The fourth-order valence-electron chi connectivity index (χ4n) is 4.11. The van der Waals surface area contributed by atoms with Crippen LogP contribution in [0.5, 0.6) is 0 Å². The van der Waals surface area contributed by atoms with E-state index in [1.165, 1.54) is 44.2 Å². The van der Waals surface area contributed by atoms with Crippen molar-refractivity contribution in [1.82, 2.24) is 5.32 Å². The molecule has 0 bridgehead atoms. The first-order chi connectivity index (χ1) is 10.2. The summed E-state index contributed by atoms with van der Waals surface area (Å²) in [4.78, 5) is 2.47. The number of benzene rings is 1. The number of anilines is 1. The summed E-state index contributed by atoms with van der Waals surface area (Å²) in [5.74, 6) is -0.129. The van der Waals surface area contributed by atoms with Crippen molar-refractivity contribution in [3.63, 3.8) is 0 Å². The average molecular weight is 290 g/mol. The van der Waals surface area contributed by atoms with Crippen LogP contribution in [0.4, 0.5) is 10.1 Å². The third kappa shape index (κ3) is 3.23. The average Bonchev–Trinajstić information content (AvgIpc) is 2.95. The van der Waals surface area contributed by atoms with Gasteiger partial charge in [0.2, 0.25) is 0 Å². The van der Waals surface area contributed by atoms with Crippen molar-refractivity contribution in [3.05, 3.63) is 29.6 Å². The highest BCUT2D eigenvalue weighted by molar-refractivity contribution is 5.54. The van der Waals surface area contributed by atoms with Gasteiger partial charge >= 0.3 is 0 Å². The predicted octanol–water partition coefficient (Wildman–Crippen LogP) is 4.10. The molecule has 21 heavy (non-hydrogen) atoms. The molecule has 116 valence electrons. The summed E-state index contributed by atoms with van der Waals surface area (Å²) in [5, 5.41) is 3.33. The molecule has 0 aromatic heterocycles. The molecule has 3 rings (SSSR count). The standard InChI is InChI=1S/C18H27FN2/c1-2-20-14-15-13-16(19)5-6-17(15)21-11-9-18(10-12-21)7-3-4-8-18/h5-6,13,20H,2-4,7-12,14H2,1H3. The van der Waals surface area contributed by atoms with E-state index in [1.54, 1.807) is 12.1 Å². The monoisotopic (exact) mass is 290 g/mol. The summed E-state index contributed by atoms with van der Waals surface area (Å²) in [6.45, 7) is 6.02. The molecule has 1 saturated carbocycles. The van der Waals surface area contributed by atoms with Crippen molar-refractivity contribution < 1.29 is 4.39 Å². The summed E-state index contributed by atoms with van der Waals surface area (Å²) < 4.78 is 13.5. The van der Waals surface area contributed by atoms with Gasteiger partial charge < -0.3 is 10.2 Å². The van der Waals surface area contributed by atoms with Crippen molar-refractivity contribution in [3.8, 4) is 0 Å². The zero-order valence-electron chi connectivity index (χ0n) is 13.1. The first kappa shape index (κ1) is 14.8. The number of hydrogen-bond acceptors (Lipinski definition) is 2. The predicted molar refractivity (Wildman–Crippen MR) is 86.1 cm³/mol. The van der Waals surface area contributed by atoms with Gasteiger partial charge in [-0.15, -0.1) is 0 Å². The molecule has 1 N–H and O–H groups in total. The van der Waals surface area contributed by atoms with Crippen LogP contribution in [0.3, 0.4) is 0 Å². The van der Waals surface area contributed by atoms with Crippen LogP contribution in [-0.4, -0.2) is 19.6 Å². The summed E-state index contributed by atoms with van der Waals surface area (Å²) in [6, 6.07) is 5.26. The van der Waals surface area contributed by atoms with E-state index in [4.69, 9.17) is 0 Å². The van der Waals surface area contributed by atoms with Crippen LogP contribution in [0, 0.1) is 11.2 Å². The highest BCUT2D eigenvalue weighted by Crippen LogP contribution is 2.46. The second-order valence-electron chi connectivity index (χ2n) is 6.75. The molecule has 2 aliphatic rings. The molecule has 2 fully saturated rings. The maximum absolute atomic E-state index is 13.5. The third-order valence-electron chi connectivity index (χ3n) is 5.44. The van der Waals surface area contributed by atoms with E-state index in [0.29, 0.717) is 5.41 Å². The fourth-order valence-corrected chi connectivity index (χ4v) is 4.11. The lowest BCUT2D eigenvalue weighted by Crippen LogP contribution is -2.39. The maximum Gasteiger partial charge on any atom is 0.123 e. The Hall–Kier alpha value is -1.09. The quantitative estimate of drug-likeness (QED) is 0.898. The van der Waals surface area contributed by atoms with Crippen LogP contribution in [-0.2, 0) is 6.54 Å². The molecule has 1 aliphatic heterocycles. The van der Waals surface area contributed by atoms with Crippen molar-refractivity contribution >= 4 is 5.69 Å². The van der Waals surface area contributed by atoms with Gasteiger partial charge in [-0.1, -0.05) is 19.8 Å². The Bertz CT molecular complexity index is 470. The highest BCUT2D eigenvalue weighted by Gasteiger charge is 2.37. The van der Waals surface area contributed by atoms with Crippen LogP contribution in [0.15, 0.2) is 18.2 Å². The molecule has 0 radical (unpaired) electrons. The Labute approximate surface area is 127 Å². The van der Waals surface area contributed by atoms with Crippen molar-refractivity contribution in [2.45, 2.75) is 52.0 Å². The zero-order valence-corrected chi connectivity index (χ0v) is 13.1. The van der Waals surface area contributed by atoms with Crippen LogP contribution in [0.2, 0.25) is 0 Å². The number of rotatable bonds is 4. The maximum atomic E-state index is 13.5. The van der Waals surface area contributed by atoms with Gasteiger partial charge in [-0.05, 0) is 61.4 Å². The Kier molecular flexibility index (Phi) is 4.48. The first-order valence-corrected chi connectivity index (χ1v) is 8.47. The lowest BCUT2D eigenvalue weighted by Gasteiger charge is -2.41. The fraction of sp³-hybridized carbons (Fsp3) is 0.667. The minimum atomic E-state index is -0.129. The summed E-state index contributed by atoms with van der Waals surface area (Å²) in [5.41, 5.74) is 2.96. The molecule has 2 nitrogen and oxygen atoms in total. The Balaban J connectivity index is 1.72. The zero-order chi connectivity index (χ0) is 14.7. The van der Waals surface area contributed by atoms with Gasteiger partial charge in [-0.25, -0.2) is 4.39 Å². The van der Waals surface area contributed by atoms with Gasteiger partial charge in [-0.3, -0.25) is 0 Å². The molecular weight excluding hydrogens is 263 g/mol. The molecule has 1 saturated heterocycles. The number of piperidine rings is 1. The number of nitrogens with one attached hydrogen (secondary N) is 1. The van der Waals surface area contributed by atoms with Gasteiger partial charge in [0.05, 0.1) is 0 Å². The molecule has 1 aromatic rings. The largest absolute Gasteiger partial charge is 0.371 e. The molecule has 1 spiro atoms. The minimum Gasteiger partial charge on any atom is -0.371 e. The van der Waals surface area contributed by atoms with Crippen LogP contribution >= 0.6 is 0 Å². The number of hydrogen-bond donors (Lipinski definition) is 1. The van der Waals surface area contributed by atoms with Crippen LogP contribution in [0.1, 0.15) is 51.0 Å². The van der Waals surface area contributed by atoms with E-state index < -0.39 is 0 Å². The highest BCUT2D eigenvalue weighted by atomic mass is 19.1. The number of halogens is 1. The van der Waals surface area contributed by atoms with E-state index in [0.717, 1.165) is 31.7 Å². The molecule has 3 heteroatoms. The van der Waals surface area contributed by atoms with E-state index >= 15 is 0 Å². The second kappa shape index (κ2) is 6.35. The van der Waals surface area contributed by atoms with Crippen molar-refractivity contribution in [2.24, 2.45) is 5.41 Å². The number of nitrogens with zero attached hydrogens (tertiary/aromatic N) is 1. The Morgan fingerprint density at radius 3 is 2.52 bits per heavy atom. The topological polar surface area (TPSA) is 15.3 Å². The molecule has 1 aromatic carbocycles. The van der Waals surface area contributed by atoms with Gasteiger partial charge in [0.25, 0.3) is 0 Å². The van der Waals surface area contributed by atoms with Crippen molar-refractivity contribution in [1.29, 1.82) is 0 Å². The minimum absolute atomic E-state index is 0.129. The van der Waals surface area contributed by atoms with Gasteiger partial charge in [0, 0.05) is 25.3 Å². The Morgan fingerprint density at radius 1 is 1.14 bits per heavy atom. The molecular formula is C18H27FN2. The lowest BCUT2D eigenvalue weighted by atomic mass is 9.77. The van der Waals surface area contributed by atoms with Crippen LogP contribution in [0.25, 0.3) is 0 Å². The van der Waals surface area contributed by atoms with E-state index in [9.17, 15) is 4.39 Å². The van der Waals surface area contributed by atoms with E-state index in [1.807, 2.05) is 6.07 Å². The van der Waals surface area contributed by atoms with Gasteiger partial charge in [0.15, 0.2) is 0 Å². The summed E-state index contributed by atoms with van der Waals surface area (Å²) in [7, 11) is 0. The molecule has 1 aliphatic carbocycles. The second-order valence-corrected chi connectivity index (χ2v) is 6.75. The molecule has 1 heterocycles. The molecule has 0 atom stereocenters. The first-order valence-electron chi connectivity index (χ1n) is 8.47. The normalized spacial score (nSPS) is 21.1. The van der Waals surface area contributed by atoms with Crippen molar-refractivity contribution in [2.75, 3.05) is 24.5 Å². The van der Waals surface area contributed by atoms with Crippen LogP contribution < -0.4 is 10.2 Å². The van der Waals surface area contributed by atoms with Gasteiger partial charge in [0.1, 0.15) is 5.82 Å². The lowest BCUT2D eigenvalue weighted by molar-refractivity contribution is 0.226. The van der Waals surface area contributed by atoms with Gasteiger partial charge in [-0.2, -0.15) is 0 Å². The molecule has 0 amide bonds. The summed E-state index contributed by atoms with van der Waals surface area (Å²) >= 11 is 0. The summed E-state index contributed by atoms with van der Waals surface area (Å²) in [6.07, 6.45) is 8.31.